The van der Waals surface area contributed by atoms with Crippen LogP contribution in [0.25, 0.3) is 0 Å². The maximum atomic E-state index is 13.3. The number of nitrogens with zero attached hydrogens (tertiary/aromatic N) is 2. The van der Waals surface area contributed by atoms with Crippen LogP contribution in [0.15, 0.2) is 41.3 Å². The van der Waals surface area contributed by atoms with E-state index in [0.717, 1.165) is 0 Å². The first-order chi connectivity index (χ1) is 13.3. The van der Waals surface area contributed by atoms with Crippen molar-refractivity contribution in [1.82, 2.24) is 4.31 Å². The fraction of sp³-hybridized carbons (Fsp3) is 0.316. The van der Waals surface area contributed by atoms with Crippen molar-refractivity contribution >= 4 is 33.2 Å². The Hall–Kier alpha value is -1.98. The molecule has 0 N–H and O–H groups in total. The number of rotatable bonds is 9. The minimum Gasteiger partial charge on any atom is -0.493 e. The average Bonchev–Trinajstić information content (AvgIpc) is 2.68. The number of methoxy groups -OCH3 is 2. The summed E-state index contributed by atoms with van der Waals surface area (Å²) >= 11 is 12.4. The van der Waals surface area contributed by atoms with Gasteiger partial charge in [-0.2, -0.15) is 9.57 Å². The molecule has 0 fully saturated rings. The summed E-state index contributed by atoms with van der Waals surface area (Å²) in [5, 5.41) is 9.56. The van der Waals surface area contributed by atoms with Crippen LogP contribution in [0.1, 0.15) is 18.4 Å². The number of unbranched alkanes of at least 4 members (excludes halogenated alkanes) is 1. The summed E-state index contributed by atoms with van der Waals surface area (Å²) in [5.41, 5.74) is 0.506. The third kappa shape index (κ3) is 5.09. The third-order valence-electron chi connectivity index (χ3n) is 4.09. The number of halogens is 2. The van der Waals surface area contributed by atoms with Gasteiger partial charge in [0.2, 0.25) is 10.0 Å². The lowest BCUT2D eigenvalue weighted by atomic mass is 10.2. The molecule has 0 heterocycles. The van der Waals surface area contributed by atoms with Crippen LogP contribution in [0.2, 0.25) is 10.0 Å². The molecule has 0 radical (unpaired) electrons. The maximum absolute atomic E-state index is 13.3. The quantitative estimate of drug-likeness (QED) is 0.533. The van der Waals surface area contributed by atoms with Gasteiger partial charge in [-0.05, 0) is 30.7 Å². The van der Waals surface area contributed by atoms with Crippen LogP contribution < -0.4 is 9.47 Å². The van der Waals surface area contributed by atoms with E-state index in [4.69, 9.17) is 37.9 Å². The first kappa shape index (κ1) is 22.3. The second-order valence-electron chi connectivity index (χ2n) is 5.82. The zero-order valence-corrected chi connectivity index (χ0v) is 17.8. The first-order valence-electron chi connectivity index (χ1n) is 8.37. The van der Waals surface area contributed by atoms with Gasteiger partial charge in [-0.3, -0.25) is 0 Å². The number of nitriles is 1. The van der Waals surface area contributed by atoms with Crippen molar-refractivity contribution in [1.29, 1.82) is 5.26 Å². The molecule has 0 spiro atoms. The average molecular weight is 443 g/mol. The van der Waals surface area contributed by atoms with Crippen LogP contribution in [0.5, 0.6) is 11.5 Å². The molecule has 0 aliphatic rings. The van der Waals surface area contributed by atoms with E-state index in [0.29, 0.717) is 33.5 Å². The van der Waals surface area contributed by atoms with Gasteiger partial charge in [0.25, 0.3) is 0 Å². The van der Waals surface area contributed by atoms with E-state index < -0.39 is 10.0 Å². The monoisotopic (exact) mass is 442 g/mol. The molecule has 0 saturated heterocycles. The zero-order valence-electron chi connectivity index (χ0n) is 15.5. The third-order valence-corrected chi connectivity index (χ3v) is 6.63. The predicted molar refractivity (Wildman–Crippen MR) is 108 cm³/mol. The second-order valence-corrected chi connectivity index (χ2v) is 8.57. The van der Waals surface area contributed by atoms with Crippen LogP contribution in [0, 0.1) is 11.3 Å². The van der Waals surface area contributed by atoms with Gasteiger partial charge in [-0.1, -0.05) is 29.3 Å². The fourth-order valence-corrected chi connectivity index (χ4v) is 4.58. The fourth-order valence-electron chi connectivity index (χ4n) is 2.60. The lowest BCUT2D eigenvalue weighted by Gasteiger charge is -2.23. The molecule has 0 atom stereocenters. The molecular formula is C19H20Cl2N2O4S. The summed E-state index contributed by atoms with van der Waals surface area (Å²) < 4.78 is 38.2. The molecule has 0 aliphatic carbocycles. The predicted octanol–water partition coefficient (Wildman–Crippen LogP) is 4.51. The molecule has 0 saturated carbocycles. The molecule has 28 heavy (non-hydrogen) atoms. The maximum Gasteiger partial charge on any atom is 0.243 e. The highest BCUT2D eigenvalue weighted by molar-refractivity contribution is 7.89. The Morgan fingerprint density at radius 1 is 1.07 bits per heavy atom. The van der Waals surface area contributed by atoms with Gasteiger partial charge in [0.1, 0.15) is 0 Å². The smallest absolute Gasteiger partial charge is 0.243 e. The normalized spacial score (nSPS) is 11.3. The van der Waals surface area contributed by atoms with Crippen molar-refractivity contribution in [2.75, 3.05) is 20.8 Å². The molecule has 0 aromatic heterocycles. The Morgan fingerprint density at radius 3 is 2.29 bits per heavy atom. The number of ether oxygens (including phenoxy) is 2. The Bertz CT molecular complexity index is 954. The Labute approximate surface area is 175 Å². The van der Waals surface area contributed by atoms with Crippen LogP contribution in [0.3, 0.4) is 0 Å². The van der Waals surface area contributed by atoms with Crippen LogP contribution in [-0.2, 0) is 16.6 Å². The molecule has 2 aromatic carbocycles. The van der Waals surface area contributed by atoms with E-state index in [1.807, 2.05) is 6.07 Å². The summed E-state index contributed by atoms with van der Waals surface area (Å²) in [6.45, 7) is 0.131. The van der Waals surface area contributed by atoms with Gasteiger partial charge in [-0.25, -0.2) is 8.42 Å². The molecule has 2 rings (SSSR count). The van der Waals surface area contributed by atoms with Crippen molar-refractivity contribution < 1.29 is 17.9 Å². The number of hydrogen-bond donors (Lipinski definition) is 0. The summed E-state index contributed by atoms with van der Waals surface area (Å²) in [7, 11) is -0.995. The van der Waals surface area contributed by atoms with E-state index in [1.54, 1.807) is 18.2 Å². The highest BCUT2D eigenvalue weighted by Gasteiger charge is 2.27. The van der Waals surface area contributed by atoms with Crippen molar-refractivity contribution in [3.8, 4) is 17.6 Å². The summed E-state index contributed by atoms with van der Waals surface area (Å²) in [6.07, 6.45) is 0.610. The first-order valence-corrected chi connectivity index (χ1v) is 10.6. The number of hydrogen-bond acceptors (Lipinski definition) is 5. The van der Waals surface area contributed by atoms with Gasteiger partial charge in [0, 0.05) is 41.2 Å². The second kappa shape index (κ2) is 9.99. The molecule has 2 aromatic rings. The Kier molecular flexibility index (Phi) is 7.96. The highest BCUT2D eigenvalue weighted by Crippen LogP contribution is 2.32. The van der Waals surface area contributed by atoms with Gasteiger partial charge < -0.3 is 9.47 Å². The van der Waals surface area contributed by atoms with Crippen LogP contribution in [0.4, 0.5) is 0 Å². The van der Waals surface area contributed by atoms with Crippen LogP contribution >= 0.6 is 23.2 Å². The Balaban J connectivity index is 2.45. The summed E-state index contributed by atoms with van der Waals surface area (Å²) in [4.78, 5) is 0.0466. The lowest BCUT2D eigenvalue weighted by Crippen LogP contribution is -2.32. The molecule has 0 amide bonds. The summed E-state index contributed by atoms with van der Waals surface area (Å²) in [5.74, 6) is 0.725. The molecule has 0 bridgehead atoms. The lowest BCUT2D eigenvalue weighted by molar-refractivity contribution is 0.353. The largest absolute Gasteiger partial charge is 0.493 e. The molecular weight excluding hydrogens is 423 g/mol. The van der Waals surface area contributed by atoms with Crippen molar-refractivity contribution in [2.45, 2.75) is 24.3 Å². The molecule has 6 nitrogen and oxygen atoms in total. The van der Waals surface area contributed by atoms with Crippen molar-refractivity contribution in [3.63, 3.8) is 0 Å². The highest BCUT2D eigenvalue weighted by atomic mass is 35.5. The Morgan fingerprint density at radius 2 is 1.71 bits per heavy atom. The van der Waals surface area contributed by atoms with Gasteiger partial charge in [-0.15, -0.1) is 0 Å². The van der Waals surface area contributed by atoms with Crippen molar-refractivity contribution in [3.05, 3.63) is 52.0 Å². The van der Waals surface area contributed by atoms with Gasteiger partial charge in [0.15, 0.2) is 11.5 Å². The summed E-state index contributed by atoms with van der Waals surface area (Å²) in [6, 6.07) is 11.4. The minimum absolute atomic E-state index is 0.0133. The molecule has 9 heteroatoms. The number of benzene rings is 2. The molecule has 0 aliphatic heterocycles. The van der Waals surface area contributed by atoms with E-state index in [9.17, 15) is 8.42 Å². The van der Waals surface area contributed by atoms with E-state index >= 15 is 0 Å². The van der Waals surface area contributed by atoms with E-state index in [2.05, 4.69) is 0 Å². The van der Waals surface area contributed by atoms with Crippen molar-refractivity contribution in [2.24, 2.45) is 0 Å². The van der Waals surface area contributed by atoms with Gasteiger partial charge >= 0.3 is 0 Å². The van der Waals surface area contributed by atoms with Gasteiger partial charge in [0.05, 0.1) is 25.2 Å². The minimum atomic E-state index is -3.90. The standard InChI is InChI=1S/C19H20Cl2N2O4S/c1-26-18-9-8-14(12-19(18)27-2)28(24,25)23(11-4-3-10-22)13-15-16(20)6-5-7-17(15)21/h5-9,12H,3-4,11,13H2,1-2H3. The molecule has 0 unspecified atom stereocenters. The molecule has 150 valence electrons. The SMILES string of the molecule is COc1ccc(S(=O)(=O)N(CCCC#N)Cc2c(Cl)cccc2Cl)cc1OC. The number of sulfonamides is 1. The zero-order chi connectivity index (χ0) is 20.7. The topological polar surface area (TPSA) is 79.6 Å². The van der Waals surface area contributed by atoms with E-state index in [1.165, 1.54) is 36.7 Å². The van der Waals surface area contributed by atoms with E-state index in [-0.39, 0.29) is 24.4 Å². The van der Waals surface area contributed by atoms with Crippen LogP contribution in [-0.4, -0.2) is 33.5 Å².